The van der Waals surface area contributed by atoms with Crippen molar-refractivity contribution in [2.24, 2.45) is 5.92 Å². The van der Waals surface area contributed by atoms with Gasteiger partial charge in [0, 0.05) is 12.8 Å². The molecule has 1 atom stereocenters. The molecule has 0 bridgehead atoms. The minimum absolute atomic E-state index is 0.388. The maximum Gasteiger partial charge on any atom is 0.137 e. The summed E-state index contributed by atoms with van der Waals surface area (Å²) >= 11 is 0. The fraction of sp³-hybridized carbons (Fsp3) is 0.562. The molecule has 0 aliphatic carbocycles. The summed E-state index contributed by atoms with van der Waals surface area (Å²) in [6, 6.07) is 4.35. The smallest absolute Gasteiger partial charge is 0.137 e. The highest BCUT2D eigenvalue weighted by atomic mass is 16.1. The van der Waals surface area contributed by atoms with Crippen molar-refractivity contribution in [1.29, 1.82) is 0 Å². The van der Waals surface area contributed by atoms with Crippen LogP contribution < -0.4 is 5.32 Å². The van der Waals surface area contributed by atoms with Gasteiger partial charge in [-0.25, -0.2) is 0 Å². The van der Waals surface area contributed by atoms with E-state index in [-0.39, 0.29) is 0 Å². The van der Waals surface area contributed by atoms with Gasteiger partial charge in [0.15, 0.2) is 0 Å². The van der Waals surface area contributed by atoms with Gasteiger partial charge in [-0.2, -0.15) is 0 Å². The summed E-state index contributed by atoms with van der Waals surface area (Å²) in [5.41, 5.74) is 5.02. The number of carbonyl (C=O) groups excluding carboxylic acids is 1. The third-order valence-electron chi connectivity index (χ3n) is 3.89. The first kappa shape index (κ1) is 13.3. The second-order valence-corrected chi connectivity index (χ2v) is 5.66. The number of hydrogen-bond acceptors (Lipinski definition) is 2. The molecular weight excluding hydrogens is 222 g/mol. The predicted molar refractivity (Wildman–Crippen MR) is 75.0 cm³/mol. The lowest BCUT2D eigenvalue weighted by atomic mass is 9.92. The first-order valence-corrected chi connectivity index (χ1v) is 6.85. The zero-order valence-corrected chi connectivity index (χ0v) is 11.7. The van der Waals surface area contributed by atoms with Gasteiger partial charge in [0.05, 0.1) is 0 Å². The van der Waals surface area contributed by atoms with Gasteiger partial charge >= 0.3 is 0 Å². The van der Waals surface area contributed by atoms with Gasteiger partial charge in [-0.1, -0.05) is 17.7 Å². The molecular formula is C16H23NO. The molecule has 1 aromatic carbocycles. The van der Waals surface area contributed by atoms with E-state index in [1.165, 1.54) is 22.3 Å². The van der Waals surface area contributed by atoms with Crippen LogP contribution >= 0.6 is 0 Å². The number of carbonyl (C=O) groups is 1. The number of nitrogens with one attached hydrogen (secondary N) is 1. The topological polar surface area (TPSA) is 29.1 Å². The van der Waals surface area contributed by atoms with Crippen molar-refractivity contribution in [3.8, 4) is 0 Å². The second kappa shape index (κ2) is 5.66. The minimum atomic E-state index is 0.388. The number of rotatable bonds is 4. The van der Waals surface area contributed by atoms with Crippen LogP contribution in [0.15, 0.2) is 12.1 Å². The van der Waals surface area contributed by atoms with Gasteiger partial charge < -0.3 is 5.32 Å². The van der Waals surface area contributed by atoms with Crippen molar-refractivity contribution in [3.63, 3.8) is 0 Å². The molecule has 0 spiro atoms. The summed E-state index contributed by atoms with van der Waals surface area (Å²) in [7, 11) is 0. The number of aryl methyl sites for hydroxylation is 3. The first-order valence-electron chi connectivity index (χ1n) is 6.85. The van der Waals surface area contributed by atoms with Gasteiger partial charge in [-0.3, -0.25) is 4.79 Å². The Morgan fingerprint density at radius 2 is 1.94 bits per heavy atom. The van der Waals surface area contributed by atoms with Crippen LogP contribution in [0.1, 0.15) is 35.1 Å². The average Bonchev–Trinajstić information content (AvgIpc) is 2.76. The predicted octanol–water partition coefficient (Wildman–Crippen LogP) is 2.72. The normalized spacial score (nSPS) is 19.2. The molecule has 1 saturated heterocycles. The average molecular weight is 245 g/mol. The Hall–Kier alpha value is -1.15. The number of benzene rings is 1. The van der Waals surface area contributed by atoms with E-state index in [0.717, 1.165) is 25.9 Å². The third-order valence-corrected chi connectivity index (χ3v) is 3.89. The molecule has 18 heavy (non-hydrogen) atoms. The summed E-state index contributed by atoms with van der Waals surface area (Å²) < 4.78 is 0. The van der Waals surface area contributed by atoms with E-state index < -0.39 is 0 Å². The van der Waals surface area contributed by atoms with Gasteiger partial charge in [0.1, 0.15) is 5.78 Å². The van der Waals surface area contributed by atoms with Crippen LogP contribution in [0.3, 0.4) is 0 Å². The minimum Gasteiger partial charge on any atom is -0.316 e. The maximum absolute atomic E-state index is 12.1. The fourth-order valence-corrected chi connectivity index (χ4v) is 2.97. The lowest BCUT2D eigenvalue weighted by molar-refractivity contribution is -0.119. The van der Waals surface area contributed by atoms with E-state index in [9.17, 15) is 4.79 Å². The molecule has 1 unspecified atom stereocenters. The molecule has 1 N–H and O–H groups in total. The summed E-state index contributed by atoms with van der Waals surface area (Å²) in [5, 5.41) is 3.32. The molecule has 0 radical (unpaired) electrons. The molecule has 0 aromatic heterocycles. The highest BCUT2D eigenvalue weighted by Gasteiger charge is 2.19. The van der Waals surface area contributed by atoms with Crippen LogP contribution in [-0.2, 0) is 11.2 Å². The highest BCUT2D eigenvalue weighted by Crippen LogP contribution is 2.20. The van der Waals surface area contributed by atoms with Crippen LogP contribution in [0.5, 0.6) is 0 Å². The molecule has 0 saturated carbocycles. The van der Waals surface area contributed by atoms with Gasteiger partial charge in [-0.05, 0) is 62.9 Å². The highest BCUT2D eigenvalue weighted by molar-refractivity contribution is 5.81. The molecule has 1 aliphatic rings. The Labute approximate surface area is 110 Å². The standard InChI is InChI=1S/C16H23NO/c1-11-6-12(2)16(13(3)7-11)9-15(18)8-14-4-5-17-10-14/h6-7,14,17H,4-5,8-10H2,1-3H3. The molecule has 2 nitrogen and oxygen atoms in total. The van der Waals surface area contributed by atoms with Crippen LogP contribution in [0, 0.1) is 26.7 Å². The summed E-state index contributed by atoms with van der Waals surface area (Å²) in [6.07, 6.45) is 2.49. The Morgan fingerprint density at radius 1 is 1.28 bits per heavy atom. The quantitative estimate of drug-likeness (QED) is 0.883. The summed E-state index contributed by atoms with van der Waals surface area (Å²) in [6.45, 7) is 8.41. The zero-order chi connectivity index (χ0) is 13.1. The Kier molecular flexibility index (Phi) is 4.18. The molecule has 98 valence electrons. The van der Waals surface area contributed by atoms with E-state index in [1.54, 1.807) is 0 Å². The van der Waals surface area contributed by atoms with Gasteiger partial charge in [0.2, 0.25) is 0 Å². The monoisotopic (exact) mass is 245 g/mol. The fourth-order valence-electron chi connectivity index (χ4n) is 2.97. The van der Waals surface area contributed by atoms with E-state index in [1.807, 2.05) is 0 Å². The van der Waals surface area contributed by atoms with Crippen LogP contribution in [-0.4, -0.2) is 18.9 Å². The number of Topliss-reactive ketones (excluding diaryl/α,β-unsaturated/α-hetero) is 1. The summed E-state index contributed by atoms with van der Waals surface area (Å²) in [5.74, 6) is 0.947. The number of ketones is 1. The Bertz CT molecular complexity index is 421. The van der Waals surface area contributed by atoms with Gasteiger partial charge in [-0.15, -0.1) is 0 Å². The zero-order valence-electron chi connectivity index (χ0n) is 11.7. The Morgan fingerprint density at radius 3 is 2.50 bits per heavy atom. The largest absolute Gasteiger partial charge is 0.316 e. The van der Waals surface area contributed by atoms with Crippen molar-refractivity contribution in [2.45, 2.75) is 40.0 Å². The Balaban J connectivity index is 2.02. The molecule has 1 heterocycles. The molecule has 1 aliphatic heterocycles. The first-order chi connectivity index (χ1) is 8.56. The van der Waals surface area contributed by atoms with Crippen LogP contribution in [0.4, 0.5) is 0 Å². The van der Waals surface area contributed by atoms with Crippen molar-refractivity contribution in [1.82, 2.24) is 5.32 Å². The maximum atomic E-state index is 12.1. The van der Waals surface area contributed by atoms with Crippen molar-refractivity contribution in [2.75, 3.05) is 13.1 Å². The van der Waals surface area contributed by atoms with Crippen molar-refractivity contribution < 1.29 is 4.79 Å². The molecule has 2 heteroatoms. The van der Waals surface area contributed by atoms with E-state index in [0.29, 0.717) is 18.1 Å². The molecule has 2 rings (SSSR count). The molecule has 1 aromatic rings. The number of hydrogen-bond donors (Lipinski definition) is 1. The third kappa shape index (κ3) is 3.20. The molecule has 1 fully saturated rings. The van der Waals surface area contributed by atoms with Crippen molar-refractivity contribution >= 4 is 5.78 Å². The van der Waals surface area contributed by atoms with Crippen LogP contribution in [0.25, 0.3) is 0 Å². The SMILES string of the molecule is Cc1cc(C)c(CC(=O)CC2CCNC2)c(C)c1. The van der Waals surface area contributed by atoms with Crippen molar-refractivity contribution in [3.05, 3.63) is 34.4 Å². The lowest BCUT2D eigenvalue weighted by Gasteiger charge is -2.12. The van der Waals surface area contributed by atoms with Gasteiger partial charge in [0.25, 0.3) is 0 Å². The lowest BCUT2D eigenvalue weighted by Crippen LogP contribution is -2.15. The summed E-state index contributed by atoms with van der Waals surface area (Å²) in [4.78, 5) is 12.1. The van der Waals surface area contributed by atoms with E-state index in [4.69, 9.17) is 0 Å². The molecule has 0 amide bonds. The van der Waals surface area contributed by atoms with Crippen LogP contribution in [0.2, 0.25) is 0 Å². The van der Waals surface area contributed by atoms with E-state index in [2.05, 4.69) is 38.2 Å². The van der Waals surface area contributed by atoms with E-state index >= 15 is 0 Å². The second-order valence-electron chi connectivity index (χ2n) is 5.66.